The van der Waals surface area contributed by atoms with Gasteiger partial charge in [0.1, 0.15) is 22.2 Å². The number of aromatic nitrogens is 2. The fraction of sp³-hybridized carbons (Fsp3) is 0.333. The standard InChI is InChI=1S/C24H22BrF2N3O2/c1-14-22(16-7-9-17(10-8-16)32-13-15-5-6-15)28-24-29(14)12-19(25)23(31)30(24)11-18-20(26)3-2-4-21(18)27/h2-4,7-10,15,19H,5-6,11-13H2,1H3. The van der Waals surface area contributed by atoms with Gasteiger partial charge in [-0.2, -0.15) is 0 Å². The molecule has 1 saturated carbocycles. The first-order chi connectivity index (χ1) is 15.4. The molecule has 1 aliphatic carbocycles. The summed E-state index contributed by atoms with van der Waals surface area (Å²) in [5, 5.41) is 0. The monoisotopic (exact) mass is 501 g/mol. The molecule has 1 amide bonds. The third kappa shape index (κ3) is 3.92. The molecule has 32 heavy (non-hydrogen) atoms. The van der Waals surface area contributed by atoms with Crippen LogP contribution in [-0.4, -0.2) is 26.9 Å². The molecule has 5 nitrogen and oxygen atoms in total. The van der Waals surface area contributed by atoms with E-state index in [1.807, 2.05) is 35.8 Å². The molecule has 2 aliphatic rings. The Labute approximate surface area is 193 Å². The van der Waals surface area contributed by atoms with Gasteiger partial charge in [-0.3, -0.25) is 9.69 Å². The minimum atomic E-state index is -0.689. The van der Waals surface area contributed by atoms with Crippen molar-refractivity contribution >= 4 is 27.8 Å². The lowest BCUT2D eigenvalue weighted by Gasteiger charge is -2.30. The van der Waals surface area contributed by atoms with Gasteiger partial charge in [0.15, 0.2) is 0 Å². The van der Waals surface area contributed by atoms with E-state index in [-0.39, 0.29) is 18.0 Å². The van der Waals surface area contributed by atoms with Crippen molar-refractivity contribution in [1.82, 2.24) is 9.55 Å². The Balaban J connectivity index is 1.47. The van der Waals surface area contributed by atoms with Crippen molar-refractivity contribution in [3.63, 3.8) is 0 Å². The molecule has 1 unspecified atom stereocenters. The number of anilines is 1. The van der Waals surface area contributed by atoms with E-state index in [2.05, 4.69) is 15.9 Å². The fourth-order valence-corrected chi connectivity index (χ4v) is 4.46. The van der Waals surface area contributed by atoms with Crippen molar-refractivity contribution in [1.29, 1.82) is 0 Å². The molecule has 166 valence electrons. The molecule has 0 spiro atoms. The molecule has 0 bridgehead atoms. The van der Waals surface area contributed by atoms with E-state index in [0.29, 0.717) is 18.4 Å². The number of halogens is 3. The first kappa shape index (κ1) is 21.1. The number of alkyl halides is 1. The van der Waals surface area contributed by atoms with Crippen molar-refractivity contribution in [2.75, 3.05) is 11.5 Å². The second kappa shape index (κ2) is 8.31. The molecular weight excluding hydrogens is 480 g/mol. The Bertz CT molecular complexity index is 1150. The molecule has 2 heterocycles. The Morgan fingerprint density at radius 1 is 1.12 bits per heavy atom. The number of carbonyl (C=O) groups excluding carboxylic acids is 1. The Kier molecular flexibility index (Phi) is 5.49. The highest BCUT2D eigenvalue weighted by atomic mass is 79.9. The maximum atomic E-state index is 14.3. The van der Waals surface area contributed by atoms with Crippen LogP contribution < -0.4 is 9.64 Å². The number of benzene rings is 2. The average molecular weight is 502 g/mol. The summed E-state index contributed by atoms with van der Waals surface area (Å²) >= 11 is 3.41. The van der Waals surface area contributed by atoms with Crippen molar-refractivity contribution in [3.8, 4) is 17.0 Å². The van der Waals surface area contributed by atoms with E-state index >= 15 is 0 Å². The second-order valence-electron chi connectivity index (χ2n) is 8.33. The summed E-state index contributed by atoms with van der Waals surface area (Å²) in [6.45, 7) is 2.84. The number of fused-ring (bicyclic) bond motifs is 1. The summed E-state index contributed by atoms with van der Waals surface area (Å²) in [7, 11) is 0. The zero-order valence-corrected chi connectivity index (χ0v) is 19.1. The summed E-state index contributed by atoms with van der Waals surface area (Å²) in [4.78, 5) is 18.5. The van der Waals surface area contributed by atoms with Crippen molar-refractivity contribution in [2.24, 2.45) is 5.92 Å². The summed E-state index contributed by atoms with van der Waals surface area (Å²) in [6, 6.07) is 11.4. The third-order valence-electron chi connectivity index (χ3n) is 6.01. The number of imidazole rings is 1. The Morgan fingerprint density at radius 3 is 2.47 bits per heavy atom. The molecule has 1 aromatic heterocycles. The molecular formula is C24H22BrF2N3O2. The minimum Gasteiger partial charge on any atom is -0.493 e. The fourth-order valence-electron chi connectivity index (χ4n) is 3.92. The van der Waals surface area contributed by atoms with E-state index in [9.17, 15) is 13.6 Å². The molecule has 0 radical (unpaired) electrons. The molecule has 2 aromatic carbocycles. The van der Waals surface area contributed by atoms with Crippen LogP contribution in [0.3, 0.4) is 0 Å². The van der Waals surface area contributed by atoms with Crippen LogP contribution in [0.25, 0.3) is 11.3 Å². The molecule has 1 fully saturated rings. The van der Waals surface area contributed by atoms with Crippen molar-refractivity contribution < 1.29 is 18.3 Å². The van der Waals surface area contributed by atoms with Gasteiger partial charge in [0.05, 0.1) is 18.8 Å². The van der Waals surface area contributed by atoms with Crippen LogP contribution in [0.4, 0.5) is 14.7 Å². The van der Waals surface area contributed by atoms with Crippen LogP contribution in [0.15, 0.2) is 42.5 Å². The van der Waals surface area contributed by atoms with Gasteiger partial charge < -0.3 is 9.30 Å². The van der Waals surface area contributed by atoms with Gasteiger partial charge in [-0.15, -0.1) is 0 Å². The SMILES string of the molecule is Cc1c(-c2ccc(OCC3CC3)cc2)nc2n1CC(Br)C(=O)N2Cc1c(F)cccc1F. The summed E-state index contributed by atoms with van der Waals surface area (Å²) in [6.07, 6.45) is 2.47. The lowest BCUT2D eigenvalue weighted by Crippen LogP contribution is -2.44. The summed E-state index contributed by atoms with van der Waals surface area (Å²) in [5.41, 5.74) is 2.33. The number of rotatable bonds is 6. The van der Waals surface area contributed by atoms with Gasteiger partial charge in [0, 0.05) is 23.4 Å². The highest BCUT2D eigenvalue weighted by Gasteiger charge is 2.35. The third-order valence-corrected chi connectivity index (χ3v) is 6.69. The molecule has 0 saturated heterocycles. The number of hydrogen-bond acceptors (Lipinski definition) is 3. The van der Waals surface area contributed by atoms with Gasteiger partial charge in [-0.05, 0) is 62.1 Å². The van der Waals surface area contributed by atoms with Crippen LogP contribution in [0.2, 0.25) is 0 Å². The molecule has 0 N–H and O–H groups in total. The zero-order chi connectivity index (χ0) is 22.4. The number of amides is 1. The first-order valence-corrected chi connectivity index (χ1v) is 11.5. The summed E-state index contributed by atoms with van der Waals surface area (Å²) in [5.74, 6) is 0.222. The van der Waals surface area contributed by atoms with Gasteiger partial charge in [0.2, 0.25) is 11.9 Å². The minimum absolute atomic E-state index is 0.159. The van der Waals surface area contributed by atoms with E-state index in [0.717, 1.165) is 29.3 Å². The molecule has 8 heteroatoms. The molecule has 5 rings (SSSR count). The van der Waals surface area contributed by atoms with Crippen LogP contribution in [0.5, 0.6) is 5.75 Å². The maximum absolute atomic E-state index is 14.3. The van der Waals surface area contributed by atoms with Crippen LogP contribution in [-0.2, 0) is 17.9 Å². The van der Waals surface area contributed by atoms with E-state index in [1.165, 1.54) is 35.9 Å². The smallest absolute Gasteiger partial charge is 0.245 e. The van der Waals surface area contributed by atoms with Gasteiger partial charge >= 0.3 is 0 Å². The van der Waals surface area contributed by atoms with Crippen molar-refractivity contribution in [3.05, 3.63) is 65.4 Å². The quantitative estimate of drug-likeness (QED) is 0.434. The van der Waals surface area contributed by atoms with E-state index in [4.69, 9.17) is 9.72 Å². The van der Waals surface area contributed by atoms with Crippen LogP contribution in [0.1, 0.15) is 24.1 Å². The van der Waals surface area contributed by atoms with E-state index in [1.54, 1.807) is 0 Å². The Hall–Kier alpha value is -2.74. The largest absolute Gasteiger partial charge is 0.493 e. The average Bonchev–Trinajstić information content (AvgIpc) is 3.56. The van der Waals surface area contributed by atoms with Gasteiger partial charge in [0.25, 0.3) is 0 Å². The van der Waals surface area contributed by atoms with Gasteiger partial charge in [-0.25, -0.2) is 13.8 Å². The van der Waals surface area contributed by atoms with Crippen LogP contribution in [0, 0.1) is 24.5 Å². The normalized spacial score (nSPS) is 18.1. The lowest BCUT2D eigenvalue weighted by molar-refractivity contribution is -0.119. The maximum Gasteiger partial charge on any atom is 0.245 e. The predicted octanol–water partition coefficient (Wildman–Crippen LogP) is 5.24. The number of ether oxygens (including phenoxy) is 1. The van der Waals surface area contributed by atoms with Crippen molar-refractivity contribution in [2.45, 2.75) is 37.7 Å². The highest BCUT2D eigenvalue weighted by molar-refractivity contribution is 9.10. The number of carbonyl (C=O) groups is 1. The molecule has 3 aromatic rings. The topological polar surface area (TPSA) is 47.4 Å². The first-order valence-electron chi connectivity index (χ1n) is 10.6. The highest BCUT2D eigenvalue weighted by Crippen LogP contribution is 2.35. The zero-order valence-electron chi connectivity index (χ0n) is 17.5. The number of hydrogen-bond donors (Lipinski definition) is 0. The summed E-state index contributed by atoms with van der Waals surface area (Å²) < 4.78 is 36.3. The molecule has 1 aliphatic heterocycles. The number of nitrogens with zero attached hydrogens (tertiary/aromatic N) is 3. The predicted molar refractivity (Wildman–Crippen MR) is 121 cm³/mol. The van der Waals surface area contributed by atoms with E-state index < -0.39 is 16.5 Å². The second-order valence-corrected chi connectivity index (χ2v) is 9.43. The van der Waals surface area contributed by atoms with Gasteiger partial charge in [-0.1, -0.05) is 22.0 Å². The molecule has 1 atom stereocenters. The van der Waals surface area contributed by atoms with Crippen LogP contribution >= 0.6 is 15.9 Å². The Morgan fingerprint density at radius 2 is 1.81 bits per heavy atom. The lowest BCUT2D eigenvalue weighted by atomic mass is 10.1.